The maximum Gasteiger partial charge on any atom is 0.241 e. The monoisotopic (exact) mass is 403 g/mol. The molecule has 1 aliphatic rings. The van der Waals surface area contributed by atoms with Gasteiger partial charge in [-0.2, -0.15) is 0 Å². The van der Waals surface area contributed by atoms with Crippen LogP contribution in [-0.2, 0) is 16.4 Å². The topological polar surface area (TPSA) is 71.1 Å². The molecule has 2 heterocycles. The molecular weight excluding hydrogens is 382 g/mol. The average Bonchev–Trinajstić information content (AvgIpc) is 2.66. The maximum absolute atomic E-state index is 12.9. The van der Waals surface area contributed by atoms with Crippen LogP contribution in [0.4, 0.5) is 0 Å². The zero-order valence-corrected chi connectivity index (χ0v) is 16.6. The van der Waals surface area contributed by atoms with Crippen LogP contribution in [0.3, 0.4) is 0 Å². The number of hydrogen-bond donors (Lipinski definition) is 2. The second-order valence-corrected chi connectivity index (χ2v) is 8.32. The van der Waals surface area contributed by atoms with Crippen LogP contribution in [0, 0.1) is 6.92 Å². The highest BCUT2D eigenvalue weighted by atomic mass is 35.5. The SMILES string of the molecule is Cc1ccc(S(=O)(=O)NCC2NCCc3ccccc32)c2cccnc12.Cl. The van der Waals surface area contributed by atoms with Gasteiger partial charge < -0.3 is 5.32 Å². The predicted octanol–water partition coefficient (Wildman–Crippen LogP) is 3.13. The standard InChI is InChI=1S/C20H21N3O2S.ClH/c1-14-8-9-19(17-7-4-11-22-20(14)17)26(24,25)23-13-18-16-6-3-2-5-15(16)10-12-21-18;/h2-9,11,18,21,23H,10,12-13H2,1H3;1H. The molecule has 27 heavy (non-hydrogen) atoms. The Morgan fingerprint density at radius 2 is 1.96 bits per heavy atom. The highest BCUT2D eigenvalue weighted by molar-refractivity contribution is 7.89. The van der Waals surface area contributed by atoms with Gasteiger partial charge in [-0.1, -0.05) is 30.3 Å². The van der Waals surface area contributed by atoms with Gasteiger partial charge in [-0.05, 0) is 54.8 Å². The van der Waals surface area contributed by atoms with Crippen LogP contribution >= 0.6 is 12.4 Å². The van der Waals surface area contributed by atoms with Crippen molar-refractivity contribution in [2.45, 2.75) is 24.3 Å². The fourth-order valence-corrected chi connectivity index (χ4v) is 4.81. The Labute approximate surface area is 165 Å². The van der Waals surface area contributed by atoms with E-state index in [1.807, 2.05) is 19.1 Å². The fourth-order valence-electron chi connectivity index (χ4n) is 3.57. The number of nitrogens with zero attached hydrogens (tertiary/aromatic N) is 1. The molecule has 0 radical (unpaired) electrons. The second-order valence-electron chi connectivity index (χ2n) is 6.59. The van der Waals surface area contributed by atoms with Crippen LogP contribution in [0.15, 0.2) is 59.6 Å². The van der Waals surface area contributed by atoms with E-state index in [2.05, 4.69) is 27.2 Å². The molecule has 3 aromatic rings. The number of rotatable bonds is 4. The lowest BCUT2D eigenvalue weighted by Crippen LogP contribution is -2.38. The molecule has 0 spiro atoms. The number of hydrogen-bond acceptors (Lipinski definition) is 4. The highest BCUT2D eigenvalue weighted by Gasteiger charge is 2.23. The Morgan fingerprint density at radius 3 is 2.81 bits per heavy atom. The number of sulfonamides is 1. The number of pyridine rings is 1. The highest BCUT2D eigenvalue weighted by Crippen LogP contribution is 2.26. The molecule has 7 heteroatoms. The molecule has 0 amide bonds. The third-order valence-corrected chi connectivity index (χ3v) is 6.40. The van der Waals surface area contributed by atoms with Gasteiger partial charge in [0.2, 0.25) is 10.0 Å². The van der Waals surface area contributed by atoms with Crippen molar-refractivity contribution in [3.8, 4) is 0 Å². The Morgan fingerprint density at radius 1 is 1.15 bits per heavy atom. The first-order valence-electron chi connectivity index (χ1n) is 8.71. The summed E-state index contributed by atoms with van der Waals surface area (Å²) in [6, 6.07) is 15.2. The quantitative estimate of drug-likeness (QED) is 0.702. The number of benzene rings is 2. The minimum Gasteiger partial charge on any atom is -0.308 e. The molecule has 5 nitrogen and oxygen atoms in total. The molecule has 1 atom stereocenters. The second kappa shape index (κ2) is 7.94. The molecular formula is C20H22ClN3O2S. The summed E-state index contributed by atoms with van der Waals surface area (Å²) in [7, 11) is -3.64. The van der Waals surface area contributed by atoms with E-state index in [9.17, 15) is 8.42 Å². The van der Waals surface area contributed by atoms with Crippen LogP contribution in [0.25, 0.3) is 10.9 Å². The van der Waals surface area contributed by atoms with Crippen molar-refractivity contribution >= 4 is 33.3 Å². The van der Waals surface area contributed by atoms with E-state index in [0.29, 0.717) is 11.9 Å². The van der Waals surface area contributed by atoms with Crippen LogP contribution in [0.2, 0.25) is 0 Å². The van der Waals surface area contributed by atoms with Gasteiger partial charge in [0, 0.05) is 24.2 Å². The van der Waals surface area contributed by atoms with Gasteiger partial charge in [-0.3, -0.25) is 4.98 Å². The Bertz CT molecular complexity index is 1070. The van der Waals surface area contributed by atoms with Gasteiger partial charge in [0.25, 0.3) is 0 Å². The number of aromatic nitrogens is 1. The predicted molar refractivity (Wildman–Crippen MR) is 110 cm³/mol. The Balaban J connectivity index is 0.00000210. The number of aryl methyl sites for hydroxylation is 1. The fraction of sp³-hybridized carbons (Fsp3) is 0.250. The molecule has 0 saturated carbocycles. The molecule has 4 rings (SSSR count). The van der Waals surface area contributed by atoms with Crippen molar-refractivity contribution in [2.24, 2.45) is 0 Å². The molecule has 0 fully saturated rings. The summed E-state index contributed by atoms with van der Waals surface area (Å²) in [6.07, 6.45) is 2.65. The molecule has 2 aromatic carbocycles. The van der Waals surface area contributed by atoms with Gasteiger partial charge >= 0.3 is 0 Å². The van der Waals surface area contributed by atoms with Crippen LogP contribution in [0.5, 0.6) is 0 Å². The molecule has 142 valence electrons. The van der Waals surface area contributed by atoms with Crippen molar-refractivity contribution in [3.63, 3.8) is 0 Å². The third-order valence-electron chi connectivity index (χ3n) is 4.91. The van der Waals surface area contributed by atoms with E-state index in [-0.39, 0.29) is 23.3 Å². The van der Waals surface area contributed by atoms with E-state index in [4.69, 9.17) is 0 Å². The first-order chi connectivity index (χ1) is 12.6. The van der Waals surface area contributed by atoms with E-state index < -0.39 is 10.0 Å². The van der Waals surface area contributed by atoms with Crippen molar-refractivity contribution in [2.75, 3.05) is 13.1 Å². The Kier molecular flexibility index (Phi) is 5.81. The summed E-state index contributed by atoms with van der Waals surface area (Å²) in [5, 5.41) is 4.06. The zero-order valence-electron chi connectivity index (χ0n) is 15.0. The van der Waals surface area contributed by atoms with E-state index in [1.54, 1.807) is 30.5 Å². The minimum absolute atomic E-state index is 0. The molecule has 2 N–H and O–H groups in total. The molecule has 0 saturated heterocycles. The van der Waals surface area contributed by atoms with E-state index in [0.717, 1.165) is 29.6 Å². The van der Waals surface area contributed by atoms with Crippen LogP contribution in [-0.4, -0.2) is 26.5 Å². The first kappa shape index (κ1) is 19.8. The van der Waals surface area contributed by atoms with Gasteiger partial charge in [0.15, 0.2) is 0 Å². The molecule has 1 aliphatic heterocycles. The zero-order chi connectivity index (χ0) is 18.1. The Hall–Kier alpha value is -1.99. The smallest absolute Gasteiger partial charge is 0.241 e. The van der Waals surface area contributed by atoms with Crippen LogP contribution in [0.1, 0.15) is 22.7 Å². The maximum atomic E-state index is 12.9. The summed E-state index contributed by atoms with van der Waals surface area (Å²) in [6.45, 7) is 3.10. The average molecular weight is 404 g/mol. The molecule has 0 aliphatic carbocycles. The largest absolute Gasteiger partial charge is 0.308 e. The summed E-state index contributed by atoms with van der Waals surface area (Å²) in [5.41, 5.74) is 4.12. The van der Waals surface area contributed by atoms with E-state index >= 15 is 0 Å². The lowest BCUT2D eigenvalue weighted by molar-refractivity contribution is 0.492. The third kappa shape index (κ3) is 3.84. The van der Waals surface area contributed by atoms with Gasteiger partial charge in [0.1, 0.15) is 0 Å². The summed E-state index contributed by atoms with van der Waals surface area (Å²) < 4.78 is 28.7. The van der Waals surface area contributed by atoms with Gasteiger partial charge in [-0.15, -0.1) is 12.4 Å². The minimum atomic E-state index is -3.64. The van der Waals surface area contributed by atoms with Crippen LogP contribution < -0.4 is 10.0 Å². The molecule has 1 aromatic heterocycles. The number of nitrogens with one attached hydrogen (secondary N) is 2. The van der Waals surface area contributed by atoms with Crippen molar-refractivity contribution < 1.29 is 8.42 Å². The number of fused-ring (bicyclic) bond motifs is 2. The number of halogens is 1. The van der Waals surface area contributed by atoms with E-state index in [1.165, 1.54) is 5.56 Å². The van der Waals surface area contributed by atoms with Crippen molar-refractivity contribution in [1.82, 2.24) is 15.0 Å². The van der Waals surface area contributed by atoms with Crippen molar-refractivity contribution in [1.29, 1.82) is 0 Å². The summed E-state index contributed by atoms with van der Waals surface area (Å²) in [5.74, 6) is 0. The first-order valence-corrected chi connectivity index (χ1v) is 10.2. The summed E-state index contributed by atoms with van der Waals surface area (Å²) >= 11 is 0. The van der Waals surface area contributed by atoms with Crippen molar-refractivity contribution in [3.05, 3.63) is 71.4 Å². The lowest BCUT2D eigenvalue weighted by Gasteiger charge is -2.27. The molecule has 1 unspecified atom stereocenters. The summed E-state index contributed by atoms with van der Waals surface area (Å²) in [4.78, 5) is 4.60. The lowest BCUT2D eigenvalue weighted by atomic mass is 9.95. The van der Waals surface area contributed by atoms with Gasteiger partial charge in [0.05, 0.1) is 10.4 Å². The normalized spacial score (nSPS) is 16.6. The molecule has 0 bridgehead atoms. The van der Waals surface area contributed by atoms with Gasteiger partial charge in [-0.25, -0.2) is 13.1 Å².